The monoisotopic (exact) mass is 1270 g/mol. The molecule has 1 aliphatic carbocycles. The Morgan fingerprint density at radius 2 is 0.684 bits per heavy atom. The molecule has 0 fully saturated rings. The molecule has 0 unspecified atom stereocenters. The summed E-state index contributed by atoms with van der Waals surface area (Å²) in [6.07, 6.45) is 3.94. The quantitative estimate of drug-likeness (QED) is 0.167. The van der Waals surface area contributed by atoms with E-state index in [0.717, 1.165) is 170 Å². The van der Waals surface area contributed by atoms with Crippen LogP contribution in [-0.4, -0.2) is 28.2 Å². The predicted octanol–water partition coefficient (Wildman–Crippen LogP) is 20.9. The van der Waals surface area contributed by atoms with Crippen molar-refractivity contribution in [1.82, 2.24) is 28.2 Å². The highest BCUT2D eigenvalue weighted by molar-refractivity contribution is 7.99. The van der Waals surface area contributed by atoms with Crippen LogP contribution in [0.5, 0.6) is 11.5 Å². The number of pyridine rings is 2. The molecule has 0 amide bonds. The first-order valence-corrected chi connectivity index (χ1v) is 33.2. The van der Waals surface area contributed by atoms with Crippen molar-refractivity contribution < 1.29 is 4.74 Å². The van der Waals surface area contributed by atoms with E-state index < -0.39 is 5.41 Å². The van der Waals surface area contributed by atoms with E-state index >= 15 is 0 Å². The Labute approximate surface area is 563 Å². The zero-order valence-corrected chi connectivity index (χ0v) is 52.7. The van der Waals surface area contributed by atoms with Crippen LogP contribution in [0.25, 0.3) is 121 Å². The van der Waals surface area contributed by atoms with Gasteiger partial charge in [-0.25, -0.2) is 0 Å². The van der Waals surface area contributed by atoms with Gasteiger partial charge in [0.1, 0.15) is 11.5 Å². The molecule has 452 valence electrons. The van der Waals surface area contributed by atoms with E-state index in [2.05, 4.69) is 260 Å². The highest BCUT2D eigenvalue weighted by Crippen LogP contribution is 2.63. The van der Waals surface area contributed by atoms with Crippen LogP contribution in [0.4, 0.5) is 17.1 Å². The molecule has 18 aromatic rings. The largest absolute Gasteiger partial charge is 0.457 e. The van der Waals surface area contributed by atoms with Crippen LogP contribution in [0.2, 0.25) is 0 Å². The number of fused-ring (bicyclic) bond motifs is 23. The average Bonchev–Trinajstić information content (AvgIpc) is 1.47. The van der Waals surface area contributed by atoms with Crippen molar-refractivity contribution in [3.8, 4) is 63.8 Å². The molecule has 3 aliphatic rings. The summed E-state index contributed by atoms with van der Waals surface area (Å²) in [5.74, 6) is 1.35. The van der Waals surface area contributed by atoms with Gasteiger partial charge in [0, 0.05) is 104 Å². The summed E-state index contributed by atoms with van der Waals surface area (Å²) in [4.78, 5) is 15.7. The van der Waals surface area contributed by atoms with Crippen LogP contribution in [0, 0.1) is 34.0 Å². The molecule has 1 spiro atoms. The Kier molecular flexibility index (Phi) is 11.0. The van der Waals surface area contributed by atoms with E-state index in [1.54, 1.807) is 11.8 Å². The summed E-state index contributed by atoms with van der Waals surface area (Å²) in [5.41, 5.74) is 20.6. The molecule has 0 saturated heterocycles. The number of hydrogen-bond acceptors (Lipinski definition) is 8. The van der Waals surface area contributed by atoms with Crippen LogP contribution < -0.4 is 9.64 Å². The van der Waals surface area contributed by atoms with E-state index in [1.807, 2.05) is 60.9 Å². The Bertz CT molecular complexity index is 6550. The van der Waals surface area contributed by atoms with Gasteiger partial charge in [0.15, 0.2) is 0 Å². The smallest absolute Gasteiger partial charge is 0.134 e. The molecule has 0 N–H and O–H groups in total. The zero-order chi connectivity index (χ0) is 64.6. The van der Waals surface area contributed by atoms with E-state index in [9.17, 15) is 15.8 Å². The summed E-state index contributed by atoms with van der Waals surface area (Å²) in [7, 11) is 0. The Morgan fingerprint density at radius 3 is 1.17 bits per heavy atom. The molecule has 12 heteroatoms. The molecular formula is C86H46N10OS. The number of anilines is 3. The molecule has 8 heterocycles. The van der Waals surface area contributed by atoms with Crippen LogP contribution in [0.1, 0.15) is 38.9 Å². The summed E-state index contributed by atoms with van der Waals surface area (Å²) in [6, 6.07) is 101. The van der Waals surface area contributed by atoms with Gasteiger partial charge in [0.05, 0.1) is 131 Å². The highest BCUT2D eigenvalue weighted by Gasteiger charge is 2.53. The molecule has 21 rings (SSSR count). The number of rotatable bonds is 5. The van der Waals surface area contributed by atoms with Crippen molar-refractivity contribution in [3.63, 3.8) is 0 Å². The van der Waals surface area contributed by atoms with Crippen molar-refractivity contribution in [3.05, 3.63) is 318 Å². The lowest BCUT2D eigenvalue weighted by Crippen LogP contribution is -2.32. The number of nitrogens with zero attached hydrogens (tertiary/aromatic N) is 10. The van der Waals surface area contributed by atoms with Gasteiger partial charge in [-0.15, -0.1) is 0 Å². The van der Waals surface area contributed by atoms with Gasteiger partial charge in [0.25, 0.3) is 0 Å². The van der Waals surface area contributed by atoms with Crippen molar-refractivity contribution in [2.75, 3.05) is 4.90 Å². The second-order valence-corrected chi connectivity index (χ2v) is 26.5. The minimum absolute atomic E-state index is 0.587. The number of para-hydroxylation sites is 6. The van der Waals surface area contributed by atoms with Crippen molar-refractivity contribution in [1.29, 1.82) is 15.8 Å². The standard InChI is InChI=1S/C86H46N10OS/c87-45-50-25-33-75-63(37-50)60-15-3-9-21-73(60)95(75)56-41-68-84(90-48-56)85-69(42-57(49-91-85)96-74-22-10-4-16-61(74)64-38-51(46-88)26-34-76(64)96)86(68)66-31-28-54(92-70-18-6-1-13-58(70)59-14-2-7-19-71(59)92)43-80(66)97-81-44-55(29-32-67(81)86)93-72-20-8-5-17-62(72)65-40-53(30-36-77(65)93)94-78-23-11-12-24-82(78)98-83-39-52(47-89)27-35-79(83)94/h1-44,48-49H. The first-order valence-electron chi connectivity index (χ1n) is 32.4. The minimum Gasteiger partial charge on any atom is -0.457 e. The van der Waals surface area contributed by atoms with Gasteiger partial charge in [-0.2, -0.15) is 15.8 Å². The fraction of sp³-hybridized carbons (Fsp3) is 0.0116. The maximum Gasteiger partial charge on any atom is 0.134 e. The molecule has 6 aromatic heterocycles. The van der Waals surface area contributed by atoms with Gasteiger partial charge in [-0.1, -0.05) is 127 Å². The molecule has 0 saturated carbocycles. The molecule has 0 bridgehead atoms. The van der Waals surface area contributed by atoms with Crippen LogP contribution in [0.3, 0.4) is 0 Å². The third-order valence-corrected chi connectivity index (χ3v) is 21.6. The second-order valence-electron chi connectivity index (χ2n) is 25.4. The molecular weight excluding hydrogens is 1220 g/mol. The van der Waals surface area contributed by atoms with Crippen LogP contribution in [0.15, 0.2) is 289 Å². The molecule has 11 nitrogen and oxygen atoms in total. The third-order valence-electron chi connectivity index (χ3n) is 20.5. The molecule has 0 radical (unpaired) electrons. The van der Waals surface area contributed by atoms with E-state index in [1.165, 1.54) is 0 Å². The van der Waals surface area contributed by atoms with E-state index in [4.69, 9.17) is 14.7 Å². The number of aromatic nitrogens is 6. The van der Waals surface area contributed by atoms with E-state index in [-0.39, 0.29) is 0 Å². The fourth-order valence-electron chi connectivity index (χ4n) is 16.5. The lowest BCUT2D eigenvalue weighted by atomic mass is 9.66. The summed E-state index contributed by atoms with van der Waals surface area (Å²) >= 11 is 1.69. The Balaban J connectivity index is 0.843. The van der Waals surface area contributed by atoms with Crippen molar-refractivity contribution >= 4 is 116 Å². The van der Waals surface area contributed by atoms with Gasteiger partial charge < -0.3 is 27.9 Å². The van der Waals surface area contributed by atoms with Crippen molar-refractivity contribution in [2.24, 2.45) is 0 Å². The number of nitriles is 3. The Hall–Kier alpha value is -13.4. The fourth-order valence-corrected chi connectivity index (χ4v) is 17.6. The summed E-state index contributed by atoms with van der Waals surface area (Å²) in [6.45, 7) is 0. The van der Waals surface area contributed by atoms with Gasteiger partial charge in [-0.05, 0) is 140 Å². The number of hydrogen-bond donors (Lipinski definition) is 0. The first kappa shape index (κ1) is 54.0. The maximum atomic E-state index is 10.2. The maximum absolute atomic E-state index is 10.2. The van der Waals surface area contributed by atoms with Crippen molar-refractivity contribution in [2.45, 2.75) is 15.2 Å². The zero-order valence-electron chi connectivity index (χ0n) is 51.8. The molecule has 12 aromatic carbocycles. The average molecular weight is 1270 g/mol. The lowest BCUT2D eigenvalue weighted by molar-refractivity contribution is 0.436. The van der Waals surface area contributed by atoms with Gasteiger partial charge in [-0.3, -0.25) is 9.97 Å². The van der Waals surface area contributed by atoms with Crippen LogP contribution in [-0.2, 0) is 5.41 Å². The third kappa shape index (κ3) is 7.29. The minimum atomic E-state index is -1.12. The number of ether oxygens (including phenoxy) is 1. The van der Waals surface area contributed by atoms with Gasteiger partial charge >= 0.3 is 0 Å². The van der Waals surface area contributed by atoms with Gasteiger partial charge in [0.2, 0.25) is 0 Å². The SMILES string of the molecule is N#Cc1ccc2c(c1)Sc1ccccc1N2c1ccc2c(c1)c1ccccc1n2-c1ccc2c(c1)Oc1cc(-n3c4ccccc4c4ccccc43)ccc1C21c2cc(-n3c4ccccc4c4cc(C#N)ccc43)cnc2-c2ncc(-n3c4ccccc4c4cc(C#N)ccc43)cc21. The second kappa shape index (κ2) is 20.0. The lowest BCUT2D eigenvalue weighted by Gasteiger charge is -2.39. The van der Waals surface area contributed by atoms with E-state index in [0.29, 0.717) is 28.2 Å². The number of benzene rings is 12. The molecule has 98 heavy (non-hydrogen) atoms. The first-order chi connectivity index (χ1) is 48.4. The summed E-state index contributed by atoms with van der Waals surface area (Å²) < 4.78 is 17.0. The highest BCUT2D eigenvalue weighted by atomic mass is 32.2. The molecule has 0 atom stereocenters. The Morgan fingerprint density at radius 1 is 0.306 bits per heavy atom. The van der Waals surface area contributed by atoms with Crippen LogP contribution >= 0.6 is 11.8 Å². The normalized spacial score (nSPS) is 13.2. The topological polar surface area (TPSA) is 129 Å². The predicted molar refractivity (Wildman–Crippen MR) is 390 cm³/mol. The molecule has 2 aliphatic heterocycles. The summed E-state index contributed by atoms with van der Waals surface area (Å²) in [5, 5.41) is 39.0.